The third-order valence-electron chi connectivity index (χ3n) is 5.32. The van der Waals surface area contributed by atoms with E-state index in [1.54, 1.807) is 19.1 Å². The summed E-state index contributed by atoms with van der Waals surface area (Å²) in [7, 11) is 0. The number of carbonyl (C=O) groups is 1. The molecule has 4 nitrogen and oxygen atoms in total. The van der Waals surface area contributed by atoms with Gasteiger partial charge in [-0.1, -0.05) is 0 Å². The van der Waals surface area contributed by atoms with E-state index in [0.29, 0.717) is 18.3 Å². The van der Waals surface area contributed by atoms with E-state index in [0.717, 1.165) is 51.8 Å². The monoisotopic (exact) mass is 335 g/mol. The van der Waals surface area contributed by atoms with Crippen LogP contribution in [0, 0.1) is 11.7 Å². The van der Waals surface area contributed by atoms with Crippen LogP contribution in [0.5, 0.6) is 5.75 Å². The average molecular weight is 335 g/mol. The van der Waals surface area contributed by atoms with Crippen molar-refractivity contribution in [3.8, 4) is 5.75 Å². The van der Waals surface area contributed by atoms with Gasteiger partial charge in [0.15, 0.2) is 0 Å². The van der Waals surface area contributed by atoms with Crippen LogP contribution in [0.4, 0.5) is 4.39 Å². The number of halogens is 1. The average Bonchev–Trinajstić information content (AvgIpc) is 2.57. The van der Waals surface area contributed by atoms with Crippen molar-refractivity contribution in [3.05, 3.63) is 30.1 Å². The van der Waals surface area contributed by atoms with Crippen LogP contribution in [0.2, 0.25) is 0 Å². The number of amides is 1. The van der Waals surface area contributed by atoms with E-state index in [1.165, 1.54) is 12.1 Å². The Bertz CT molecular complexity index is 552. The number of hydrogen-bond acceptors (Lipinski definition) is 3. The lowest BCUT2D eigenvalue weighted by molar-refractivity contribution is -0.146. The summed E-state index contributed by atoms with van der Waals surface area (Å²) in [6, 6.07) is 6.17. The van der Waals surface area contributed by atoms with Gasteiger partial charge in [-0.05, 0) is 62.3 Å². The first-order valence-electron chi connectivity index (χ1n) is 8.84. The second-order valence-electron chi connectivity index (χ2n) is 6.99. The molecule has 1 atom stereocenters. The Morgan fingerprint density at radius 3 is 2.71 bits per heavy atom. The number of ether oxygens (including phenoxy) is 2. The Balaban J connectivity index is 1.45. The van der Waals surface area contributed by atoms with Gasteiger partial charge in [-0.25, -0.2) is 4.39 Å². The first kappa shape index (κ1) is 17.2. The summed E-state index contributed by atoms with van der Waals surface area (Å²) in [6.45, 7) is 4.67. The summed E-state index contributed by atoms with van der Waals surface area (Å²) in [5, 5.41) is 0. The molecule has 24 heavy (non-hydrogen) atoms. The van der Waals surface area contributed by atoms with Crippen molar-refractivity contribution in [2.45, 2.75) is 44.6 Å². The van der Waals surface area contributed by atoms with Crippen LogP contribution in [0.15, 0.2) is 24.3 Å². The second-order valence-corrected chi connectivity index (χ2v) is 6.99. The molecule has 2 fully saturated rings. The number of piperidine rings is 1. The molecule has 2 aliphatic rings. The predicted octanol–water partition coefficient (Wildman–Crippen LogP) is 3.40. The van der Waals surface area contributed by atoms with Gasteiger partial charge in [-0.15, -0.1) is 0 Å². The first-order valence-corrected chi connectivity index (χ1v) is 8.84. The molecule has 2 saturated heterocycles. The minimum atomic E-state index is -0.245. The third-order valence-corrected chi connectivity index (χ3v) is 5.32. The number of carbonyl (C=O) groups excluding carboxylic acids is 1. The molecule has 2 heterocycles. The fourth-order valence-electron chi connectivity index (χ4n) is 3.83. The van der Waals surface area contributed by atoms with Crippen molar-refractivity contribution in [1.82, 2.24) is 4.90 Å². The number of hydrogen-bond donors (Lipinski definition) is 0. The Morgan fingerprint density at radius 2 is 2.04 bits per heavy atom. The lowest BCUT2D eigenvalue weighted by atomic mass is 9.78. The van der Waals surface area contributed by atoms with Gasteiger partial charge in [0.05, 0.1) is 12.2 Å². The molecule has 132 valence electrons. The summed E-state index contributed by atoms with van der Waals surface area (Å²) in [5.41, 5.74) is -0.0509. The number of benzene rings is 1. The molecule has 5 heteroatoms. The Labute approximate surface area is 142 Å². The fraction of sp³-hybridized carbons (Fsp3) is 0.632. The van der Waals surface area contributed by atoms with Crippen LogP contribution in [0.25, 0.3) is 0 Å². The molecular weight excluding hydrogens is 309 g/mol. The van der Waals surface area contributed by atoms with Crippen LogP contribution < -0.4 is 4.74 Å². The molecule has 1 aromatic rings. The van der Waals surface area contributed by atoms with Crippen LogP contribution in [0.1, 0.15) is 39.0 Å². The van der Waals surface area contributed by atoms with E-state index in [4.69, 9.17) is 9.47 Å². The summed E-state index contributed by atoms with van der Waals surface area (Å²) in [6.07, 6.45) is 4.96. The van der Waals surface area contributed by atoms with Gasteiger partial charge >= 0.3 is 0 Å². The standard InChI is InChI=1S/C19H26FNO3/c1-15(22)21-10-8-19(9-11-21)14-16(7-13-24-19)6-12-23-18-4-2-17(20)3-5-18/h2-5,16H,6-14H2,1H3. The zero-order chi connectivity index (χ0) is 17.0. The first-order chi connectivity index (χ1) is 11.6. The van der Waals surface area contributed by atoms with Gasteiger partial charge in [-0.3, -0.25) is 4.79 Å². The second kappa shape index (κ2) is 7.51. The topological polar surface area (TPSA) is 38.8 Å². The normalized spacial score (nSPS) is 23.2. The van der Waals surface area contributed by atoms with Crippen molar-refractivity contribution in [3.63, 3.8) is 0 Å². The third kappa shape index (κ3) is 4.26. The number of rotatable bonds is 4. The van der Waals surface area contributed by atoms with E-state index in [9.17, 15) is 9.18 Å². The number of nitrogens with zero attached hydrogens (tertiary/aromatic N) is 1. The largest absolute Gasteiger partial charge is 0.494 e. The Morgan fingerprint density at radius 1 is 1.33 bits per heavy atom. The zero-order valence-electron chi connectivity index (χ0n) is 14.3. The molecular formula is C19H26FNO3. The predicted molar refractivity (Wildman–Crippen MR) is 89.4 cm³/mol. The van der Waals surface area contributed by atoms with Gasteiger partial charge in [-0.2, -0.15) is 0 Å². The van der Waals surface area contributed by atoms with Gasteiger partial charge in [0.25, 0.3) is 0 Å². The van der Waals surface area contributed by atoms with Gasteiger partial charge in [0, 0.05) is 26.6 Å². The van der Waals surface area contributed by atoms with Crippen molar-refractivity contribution in [1.29, 1.82) is 0 Å². The molecule has 2 aliphatic heterocycles. The Kier molecular flexibility index (Phi) is 5.39. The van der Waals surface area contributed by atoms with E-state index in [1.807, 2.05) is 4.90 Å². The maximum absolute atomic E-state index is 12.9. The minimum Gasteiger partial charge on any atom is -0.494 e. The molecule has 0 saturated carbocycles. The molecule has 1 aromatic carbocycles. The lowest BCUT2D eigenvalue weighted by Gasteiger charge is -2.46. The molecule has 0 N–H and O–H groups in total. The SMILES string of the molecule is CC(=O)N1CCC2(CC1)CC(CCOc1ccc(F)cc1)CCO2. The highest BCUT2D eigenvalue weighted by molar-refractivity contribution is 5.73. The van der Waals surface area contributed by atoms with Gasteiger partial charge in [0.2, 0.25) is 5.91 Å². The van der Waals surface area contributed by atoms with Crippen LogP contribution in [-0.2, 0) is 9.53 Å². The highest BCUT2D eigenvalue weighted by Crippen LogP contribution is 2.38. The van der Waals surface area contributed by atoms with Crippen LogP contribution in [-0.4, -0.2) is 42.7 Å². The van der Waals surface area contributed by atoms with E-state index in [-0.39, 0.29) is 17.3 Å². The molecule has 1 amide bonds. The van der Waals surface area contributed by atoms with Crippen molar-refractivity contribution in [2.75, 3.05) is 26.3 Å². The van der Waals surface area contributed by atoms with Crippen molar-refractivity contribution >= 4 is 5.91 Å². The molecule has 1 unspecified atom stereocenters. The van der Waals surface area contributed by atoms with Crippen LogP contribution in [0.3, 0.4) is 0 Å². The molecule has 3 rings (SSSR count). The summed E-state index contributed by atoms with van der Waals surface area (Å²) in [5.74, 6) is 1.21. The lowest BCUT2D eigenvalue weighted by Crippen LogP contribution is -2.50. The molecule has 0 aromatic heterocycles. The summed E-state index contributed by atoms with van der Waals surface area (Å²) >= 11 is 0. The van der Waals surface area contributed by atoms with E-state index >= 15 is 0 Å². The summed E-state index contributed by atoms with van der Waals surface area (Å²) in [4.78, 5) is 13.4. The maximum atomic E-state index is 12.9. The molecule has 0 aliphatic carbocycles. The van der Waals surface area contributed by atoms with Crippen molar-refractivity contribution < 1.29 is 18.7 Å². The quantitative estimate of drug-likeness (QED) is 0.846. The molecule has 1 spiro atoms. The highest BCUT2D eigenvalue weighted by Gasteiger charge is 2.40. The van der Waals surface area contributed by atoms with Gasteiger partial charge < -0.3 is 14.4 Å². The van der Waals surface area contributed by atoms with Crippen molar-refractivity contribution in [2.24, 2.45) is 5.92 Å². The number of likely N-dealkylation sites (tertiary alicyclic amines) is 1. The maximum Gasteiger partial charge on any atom is 0.219 e. The smallest absolute Gasteiger partial charge is 0.219 e. The van der Waals surface area contributed by atoms with Crippen LogP contribution >= 0.6 is 0 Å². The van der Waals surface area contributed by atoms with Gasteiger partial charge in [0.1, 0.15) is 11.6 Å². The zero-order valence-corrected chi connectivity index (χ0v) is 14.3. The summed E-state index contributed by atoms with van der Waals surface area (Å²) < 4.78 is 24.7. The molecule has 0 radical (unpaired) electrons. The highest BCUT2D eigenvalue weighted by atomic mass is 19.1. The van der Waals surface area contributed by atoms with E-state index in [2.05, 4.69) is 0 Å². The Hall–Kier alpha value is -1.62. The minimum absolute atomic E-state index is 0.0509. The molecule has 0 bridgehead atoms. The fourth-order valence-corrected chi connectivity index (χ4v) is 3.83. The van der Waals surface area contributed by atoms with E-state index < -0.39 is 0 Å².